The van der Waals surface area contributed by atoms with Crippen LogP contribution in [0.2, 0.25) is 0 Å². The molecule has 202 valence electrons. The van der Waals surface area contributed by atoms with Crippen LogP contribution < -0.4 is 29.8 Å². The molecule has 0 bridgehead atoms. The first-order valence-corrected chi connectivity index (χ1v) is 13.1. The van der Waals surface area contributed by atoms with Gasteiger partial charge in [-0.25, -0.2) is 0 Å². The fraction of sp³-hybridized carbons (Fsp3) is 0.267. The monoisotopic (exact) mass is 545 g/mol. The molecule has 0 aliphatic carbocycles. The van der Waals surface area contributed by atoms with Gasteiger partial charge in [-0.1, -0.05) is 24.3 Å². The molecule has 0 saturated carbocycles. The van der Waals surface area contributed by atoms with E-state index in [-0.39, 0.29) is 12.4 Å². The Balaban J connectivity index is 1.34. The van der Waals surface area contributed by atoms with Crippen LogP contribution in [0.5, 0.6) is 23.0 Å². The Kier molecular flexibility index (Phi) is 7.88. The van der Waals surface area contributed by atoms with Crippen LogP contribution in [0.4, 0.5) is 0 Å². The van der Waals surface area contributed by atoms with Gasteiger partial charge < -0.3 is 34.1 Å². The fourth-order valence-corrected chi connectivity index (χ4v) is 4.84. The topological polar surface area (TPSA) is 85.1 Å². The molecule has 0 spiro atoms. The van der Waals surface area contributed by atoms with Gasteiger partial charge in [0.1, 0.15) is 0 Å². The minimum Gasteiger partial charge on any atom is -0.493 e. The summed E-state index contributed by atoms with van der Waals surface area (Å²) in [4.78, 5) is 18.0. The standard InChI is InChI=1S/C30H31N3O5S/c1-19-4-7-22-15-23(29(34)32-24(22)12-19)17-33(16-21-6-9-26-28(14-21)38-18-37-26)30(39)31-11-10-20-5-8-25(35-2)27(13-20)36-3/h4-9,12-15H,10-11,16-18H2,1-3H3,(H,31,39)(H,32,34). The second-order valence-electron chi connectivity index (χ2n) is 9.43. The number of hydrogen-bond donors (Lipinski definition) is 2. The first-order chi connectivity index (χ1) is 18.9. The first kappa shape index (κ1) is 26.4. The van der Waals surface area contributed by atoms with Gasteiger partial charge in [-0.15, -0.1) is 0 Å². The molecule has 0 radical (unpaired) electrons. The Morgan fingerprint density at radius 3 is 2.56 bits per heavy atom. The van der Waals surface area contributed by atoms with E-state index in [4.69, 9.17) is 31.2 Å². The van der Waals surface area contributed by atoms with Gasteiger partial charge in [-0.2, -0.15) is 0 Å². The third-order valence-corrected chi connectivity index (χ3v) is 7.08. The highest BCUT2D eigenvalue weighted by Crippen LogP contribution is 2.33. The summed E-state index contributed by atoms with van der Waals surface area (Å²) in [6.45, 7) is 3.66. The molecule has 9 heteroatoms. The van der Waals surface area contributed by atoms with E-state index in [1.165, 1.54) is 0 Å². The summed E-state index contributed by atoms with van der Waals surface area (Å²) in [5, 5.41) is 4.90. The van der Waals surface area contributed by atoms with Gasteiger partial charge in [0.2, 0.25) is 6.79 Å². The largest absolute Gasteiger partial charge is 0.493 e. The zero-order chi connectivity index (χ0) is 27.4. The summed E-state index contributed by atoms with van der Waals surface area (Å²) in [5.74, 6) is 2.81. The van der Waals surface area contributed by atoms with Gasteiger partial charge in [0.15, 0.2) is 28.1 Å². The zero-order valence-electron chi connectivity index (χ0n) is 22.2. The van der Waals surface area contributed by atoms with Crippen LogP contribution in [0.15, 0.2) is 65.5 Å². The smallest absolute Gasteiger partial charge is 0.253 e. The molecule has 5 rings (SSSR count). The molecule has 0 amide bonds. The maximum Gasteiger partial charge on any atom is 0.253 e. The van der Waals surface area contributed by atoms with Gasteiger partial charge in [-0.3, -0.25) is 4.79 Å². The number of H-pyrrole nitrogens is 1. The lowest BCUT2D eigenvalue weighted by Gasteiger charge is -2.26. The fourth-order valence-electron chi connectivity index (χ4n) is 4.60. The highest BCUT2D eigenvalue weighted by molar-refractivity contribution is 7.80. The van der Waals surface area contributed by atoms with Crippen molar-refractivity contribution in [1.82, 2.24) is 15.2 Å². The summed E-state index contributed by atoms with van der Waals surface area (Å²) >= 11 is 5.83. The molecule has 0 atom stereocenters. The van der Waals surface area contributed by atoms with Crippen LogP contribution in [-0.4, -0.2) is 42.6 Å². The maximum atomic E-state index is 13.0. The Labute approximate surface area is 232 Å². The Bertz CT molecular complexity index is 1570. The van der Waals surface area contributed by atoms with Crippen LogP contribution in [0, 0.1) is 6.92 Å². The van der Waals surface area contributed by atoms with Crippen molar-refractivity contribution in [3.8, 4) is 23.0 Å². The van der Waals surface area contributed by atoms with Crippen LogP contribution >= 0.6 is 12.2 Å². The van der Waals surface area contributed by atoms with Crippen LogP contribution in [0.3, 0.4) is 0 Å². The van der Waals surface area contributed by atoms with Gasteiger partial charge >= 0.3 is 0 Å². The molecule has 2 N–H and O–H groups in total. The summed E-state index contributed by atoms with van der Waals surface area (Å²) in [6.07, 6.45) is 0.730. The molecular formula is C30H31N3O5S. The van der Waals surface area contributed by atoms with Crippen LogP contribution in [0.1, 0.15) is 22.3 Å². The Morgan fingerprint density at radius 1 is 0.949 bits per heavy atom. The number of nitrogens with one attached hydrogen (secondary N) is 2. The minimum absolute atomic E-state index is 0.128. The van der Waals surface area contributed by atoms with Crippen molar-refractivity contribution >= 4 is 28.2 Å². The summed E-state index contributed by atoms with van der Waals surface area (Å²) in [5.41, 5.74) is 4.51. The molecule has 2 heterocycles. The van der Waals surface area contributed by atoms with Gasteiger partial charge in [0.05, 0.1) is 20.8 Å². The molecule has 8 nitrogen and oxygen atoms in total. The highest BCUT2D eigenvalue weighted by Gasteiger charge is 2.18. The van der Waals surface area contributed by atoms with E-state index in [0.717, 1.165) is 39.8 Å². The summed E-state index contributed by atoms with van der Waals surface area (Å²) in [7, 11) is 3.24. The molecule has 0 fully saturated rings. The van der Waals surface area contributed by atoms with Crippen molar-refractivity contribution in [2.45, 2.75) is 26.4 Å². The number of benzene rings is 3. The summed E-state index contributed by atoms with van der Waals surface area (Å²) < 4.78 is 21.8. The highest BCUT2D eigenvalue weighted by atomic mass is 32.1. The van der Waals surface area contributed by atoms with E-state index in [2.05, 4.69) is 10.3 Å². The number of methoxy groups -OCH3 is 2. The number of fused-ring (bicyclic) bond motifs is 2. The van der Waals surface area contributed by atoms with Gasteiger partial charge in [0.25, 0.3) is 5.56 Å². The van der Waals surface area contributed by atoms with E-state index >= 15 is 0 Å². The molecule has 0 saturated heterocycles. The average molecular weight is 546 g/mol. The lowest BCUT2D eigenvalue weighted by Crippen LogP contribution is -2.40. The molecule has 3 aromatic carbocycles. The van der Waals surface area contributed by atoms with Crippen molar-refractivity contribution in [3.05, 3.63) is 93.3 Å². The van der Waals surface area contributed by atoms with Crippen LogP contribution in [-0.2, 0) is 19.5 Å². The van der Waals surface area contributed by atoms with Crippen LogP contribution in [0.25, 0.3) is 10.9 Å². The van der Waals surface area contributed by atoms with Gasteiger partial charge in [0, 0.05) is 24.2 Å². The second kappa shape index (κ2) is 11.7. The molecule has 1 aliphatic rings. The number of thiocarbonyl (C=S) groups is 1. The second-order valence-corrected chi connectivity index (χ2v) is 9.82. The lowest BCUT2D eigenvalue weighted by atomic mass is 10.1. The van der Waals surface area contributed by atoms with E-state index in [1.807, 2.05) is 72.5 Å². The Morgan fingerprint density at radius 2 is 1.74 bits per heavy atom. The molecule has 4 aromatic rings. The predicted octanol–water partition coefficient (Wildman–Crippen LogP) is 4.70. The van der Waals surface area contributed by atoms with Crippen molar-refractivity contribution in [3.63, 3.8) is 0 Å². The molecule has 0 unspecified atom stereocenters. The zero-order valence-corrected chi connectivity index (χ0v) is 23.0. The number of nitrogens with zero attached hydrogens (tertiary/aromatic N) is 1. The SMILES string of the molecule is COc1ccc(CCNC(=S)N(Cc2ccc3c(c2)OCO3)Cc2cc3ccc(C)cc3[nH]c2=O)cc1OC. The van der Waals surface area contributed by atoms with E-state index < -0.39 is 0 Å². The number of rotatable bonds is 9. The number of hydrogen-bond acceptors (Lipinski definition) is 6. The molecular weight excluding hydrogens is 514 g/mol. The quantitative estimate of drug-likeness (QED) is 0.293. The molecule has 1 aromatic heterocycles. The van der Waals surface area contributed by atoms with E-state index in [9.17, 15) is 4.79 Å². The maximum absolute atomic E-state index is 13.0. The number of pyridine rings is 1. The normalized spacial score (nSPS) is 11.9. The molecule has 1 aliphatic heterocycles. The number of aromatic amines is 1. The van der Waals surface area contributed by atoms with Crippen molar-refractivity contribution in [1.29, 1.82) is 0 Å². The first-order valence-electron chi connectivity index (χ1n) is 12.7. The van der Waals surface area contributed by atoms with Gasteiger partial charge in [-0.05, 0) is 84.0 Å². The lowest BCUT2D eigenvalue weighted by molar-refractivity contribution is 0.174. The predicted molar refractivity (Wildman–Crippen MR) is 155 cm³/mol. The van der Waals surface area contributed by atoms with E-state index in [0.29, 0.717) is 47.6 Å². The average Bonchev–Trinajstić information content (AvgIpc) is 3.41. The van der Waals surface area contributed by atoms with E-state index in [1.54, 1.807) is 14.2 Å². The van der Waals surface area contributed by atoms with Crippen molar-refractivity contribution in [2.24, 2.45) is 0 Å². The number of aromatic nitrogens is 1. The Hall–Kier alpha value is -4.24. The minimum atomic E-state index is -0.128. The summed E-state index contributed by atoms with van der Waals surface area (Å²) in [6, 6.07) is 19.7. The third kappa shape index (κ3) is 6.09. The van der Waals surface area contributed by atoms with Crippen molar-refractivity contribution in [2.75, 3.05) is 27.6 Å². The number of aryl methyl sites for hydroxylation is 1. The molecule has 39 heavy (non-hydrogen) atoms. The number of ether oxygens (including phenoxy) is 4. The van der Waals surface area contributed by atoms with Crippen molar-refractivity contribution < 1.29 is 18.9 Å². The third-order valence-electron chi connectivity index (χ3n) is 6.68.